The summed E-state index contributed by atoms with van der Waals surface area (Å²) < 4.78 is 1.55. The first-order chi connectivity index (χ1) is 11.4. The number of likely N-dealkylation sites (tertiary alicyclic amines) is 1. The van der Waals surface area contributed by atoms with E-state index in [1.54, 1.807) is 4.57 Å². The summed E-state index contributed by atoms with van der Waals surface area (Å²) in [6.07, 6.45) is 2.78. The van der Waals surface area contributed by atoms with Crippen molar-refractivity contribution in [2.24, 2.45) is 11.8 Å². The van der Waals surface area contributed by atoms with Crippen LogP contribution in [0.15, 0.2) is 29.3 Å². The number of hydrogen-bond donors (Lipinski definition) is 0. The predicted octanol–water partition coefficient (Wildman–Crippen LogP) is 2.28. The van der Waals surface area contributed by atoms with E-state index in [1.165, 1.54) is 30.9 Å². The van der Waals surface area contributed by atoms with Crippen LogP contribution in [0.2, 0.25) is 0 Å². The standard InChI is InChI=1S/C17H22N4O3/c1-12-7-13(2)10-19(9-12)5-6-20-11-18-16-4-3-14(21(23)24)8-15(16)17(20)22/h3-4,8,11-13H,5-7,9-10H2,1-2H3/t12-,13-/m0/s1. The average Bonchev–Trinajstić information content (AvgIpc) is 2.53. The highest BCUT2D eigenvalue weighted by atomic mass is 16.6. The molecular formula is C17H22N4O3. The molecule has 1 aliphatic rings. The van der Waals surface area contributed by atoms with Gasteiger partial charge in [0.15, 0.2) is 0 Å². The maximum Gasteiger partial charge on any atom is 0.270 e. The van der Waals surface area contributed by atoms with E-state index in [0.29, 0.717) is 29.3 Å². The zero-order valence-corrected chi connectivity index (χ0v) is 14.0. The van der Waals surface area contributed by atoms with Crippen LogP contribution in [0.5, 0.6) is 0 Å². The number of hydrogen-bond acceptors (Lipinski definition) is 5. The van der Waals surface area contributed by atoms with Crippen LogP contribution in [0.3, 0.4) is 0 Å². The van der Waals surface area contributed by atoms with E-state index >= 15 is 0 Å². The predicted molar refractivity (Wildman–Crippen MR) is 92.0 cm³/mol. The van der Waals surface area contributed by atoms with Crippen molar-refractivity contribution < 1.29 is 4.92 Å². The third kappa shape index (κ3) is 3.46. The summed E-state index contributed by atoms with van der Waals surface area (Å²) >= 11 is 0. The second-order valence-electron chi connectivity index (χ2n) is 6.91. The van der Waals surface area contributed by atoms with Gasteiger partial charge in [0, 0.05) is 38.3 Å². The third-order valence-corrected chi connectivity index (χ3v) is 4.62. The Labute approximate surface area is 140 Å². The van der Waals surface area contributed by atoms with Crippen LogP contribution in [0, 0.1) is 22.0 Å². The molecule has 0 spiro atoms. The minimum Gasteiger partial charge on any atom is -0.301 e. The van der Waals surface area contributed by atoms with Gasteiger partial charge in [0.2, 0.25) is 0 Å². The molecule has 1 fully saturated rings. The molecular weight excluding hydrogens is 308 g/mol. The fourth-order valence-electron chi connectivity index (χ4n) is 3.64. The van der Waals surface area contributed by atoms with Gasteiger partial charge in [0.05, 0.1) is 22.2 Å². The van der Waals surface area contributed by atoms with Gasteiger partial charge in [0.1, 0.15) is 0 Å². The molecule has 1 aliphatic heterocycles. The van der Waals surface area contributed by atoms with E-state index in [1.807, 2.05) is 0 Å². The van der Waals surface area contributed by atoms with Crippen LogP contribution in [0.25, 0.3) is 10.9 Å². The Morgan fingerprint density at radius 1 is 1.25 bits per heavy atom. The molecule has 1 aromatic carbocycles. The Hall–Kier alpha value is -2.28. The van der Waals surface area contributed by atoms with Gasteiger partial charge in [-0.1, -0.05) is 13.8 Å². The lowest BCUT2D eigenvalue weighted by atomic mass is 9.92. The van der Waals surface area contributed by atoms with E-state index in [2.05, 4.69) is 23.7 Å². The number of aromatic nitrogens is 2. The molecule has 0 radical (unpaired) electrons. The Morgan fingerprint density at radius 2 is 1.96 bits per heavy atom. The van der Waals surface area contributed by atoms with Crippen molar-refractivity contribution in [2.75, 3.05) is 19.6 Å². The molecule has 128 valence electrons. The van der Waals surface area contributed by atoms with Gasteiger partial charge in [0.25, 0.3) is 11.2 Å². The molecule has 2 aromatic rings. The molecule has 7 nitrogen and oxygen atoms in total. The van der Waals surface area contributed by atoms with Crippen LogP contribution >= 0.6 is 0 Å². The SMILES string of the molecule is C[C@H]1C[C@H](C)CN(CCn2cnc3ccc([N+](=O)[O-])cc3c2=O)C1. The number of nitro groups is 1. The second kappa shape index (κ2) is 6.68. The van der Waals surface area contributed by atoms with Crippen molar-refractivity contribution in [3.8, 4) is 0 Å². The molecule has 1 aromatic heterocycles. The molecule has 7 heteroatoms. The number of piperidine rings is 1. The quantitative estimate of drug-likeness (QED) is 0.634. The van der Waals surface area contributed by atoms with Gasteiger partial charge < -0.3 is 4.90 Å². The fraction of sp³-hybridized carbons (Fsp3) is 0.529. The summed E-state index contributed by atoms with van der Waals surface area (Å²) in [6.45, 7) is 7.94. The van der Waals surface area contributed by atoms with E-state index in [4.69, 9.17) is 0 Å². The number of fused-ring (bicyclic) bond motifs is 1. The minimum atomic E-state index is -0.493. The average molecular weight is 330 g/mol. The number of benzene rings is 1. The maximum atomic E-state index is 12.6. The highest BCUT2D eigenvalue weighted by Gasteiger charge is 2.21. The van der Waals surface area contributed by atoms with Gasteiger partial charge >= 0.3 is 0 Å². The van der Waals surface area contributed by atoms with Crippen LogP contribution in [-0.2, 0) is 6.54 Å². The Bertz CT molecular complexity index is 807. The Balaban J connectivity index is 1.81. The maximum absolute atomic E-state index is 12.6. The van der Waals surface area contributed by atoms with Crippen molar-refractivity contribution in [2.45, 2.75) is 26.8 Å². The molecule has 24 heavy (non-hydrogen) atoms. The summed E-state index contributed by atoms with van der Waals surface area (Å²) in [4.78, 5) is 29.6. The number of non-ortho nitro benzene ring substituents is 1. The summed E-state index contributed by atoms with van der Waals surface area (Å²) in [6, 6.07) is 4.20. The van der Waals surface area contributed by atoms with Crippen molar-refractivity contribution >= 4 is 16.6 Å². The van der Waals surface area contributed by atoms with E-state index in [-0.39, 0.29) is 11.2 Å². The number of rotatable bonds is 4. The van der Waals surface area contributed by atoms with Crippen LogP contribution in [0.4, 0.5) is 5.69 Å². The van der Waals surface area contributed by atoms with E-state index < -0.39 is 4.92 Å². The first-order valence-corrected chi connectivity index (χ1v) is 8.30. The van der Waals surface area contributed by atoms with Crippen molar-refractivity contribution in [1.82, 2.24) is 14.5 Å². The van der Waals surface area contributed by atoms with Crippen LogP contribution in [0.1, 0.15) is 20.3 Å². The fourth-order valence-corrected chi connectivity index (χ4v) is 3.64. The normalized spacial score (nSPS) is 21.9. The van der Waals surface area contributed by atoms with Gasteiger partial charge in [-0.3, -0.25) is 19.5 Å². The first-order valence-electron chi connectivity index (χ1n) is 8.30. The third-order valence-electron chi connectivity index (χ3n) is 4.62. The number of nitro benzene ring substituents is 1. The smallest absolute Gasteiger partial charge is 0.270 e. The van der Waals surface area contributed by atoms with Gasteiger partial charge in [-0.15, -0.1) is 0 Å². The lowest BCUT2D eigenvalue weighted by molar-refractivity contribution is -0.384. The molecule has 0 amide bonds. The van der Waals surface area contributed by atoms with Gasteiger partial charge in [-0.05, 0) is 24.3 Å². The molecule has 0 bridgehead atoms. The first kappa shape index (κ1) is 16.6. The zero-order valence-electron chi connectivity index (χ0n) is 14.0. The van der Waals surface area contributed by atoms with E-state index in [0.717, 1.165) is 19.6 Å². The lowest BCUT2D eigenvalue weighted by Crippen LogP contribution is -2.41. The molecule has 2 heterocycles. The molecule has 1 saturated heterocycles. The minimum absolute atomic E-state index is 0.0853. The van der Waals surface area contributed by atoms with Gasteiger partial charge in [-0.2, -0.15) is 0 Å². The molecule has 2 atom stereocenters. The molecule has 0 saturated carbocycles. The van der Waals surface area contributed by atoms with E-state index in [9.17, 15) is 14.9 Å². The summed E-state index contributed by atoms with van der Waals surface area (Å²) in [5.74, 6) is 1.34. The highest BCUT2D eigenvalue weighted by Crippen LogP contribution is 2.20. The van der Waals surface area contributed by atoms with Crippen molar-refractivity contribution in [3.63, 3.8) is 0 Å². The Kier molecular flexibility index (Phi) is 4.62. The van der Waals surface area contributed by atoms with Crippen molar-refractivity contribution in [1.29, 1.82) is 0 Å². The van der Waals surface area contributed by atoms with Crippen molar-refractivity contribution in [3.05, 3.63) is 45.0 Å². The summed E-state index contributed by atoms with van der Waals surface area (Å²) in [5, 5.41) is 11.2. The monoisotopic (exact) mass is 330 g/mol. The second-order valence-corrected chi connectivity index (χ2v) is 6.91. The number of nitrogens with zero attached hydrogens (tertiary/aromatic N) is 4. The molecule has 0 N–H and O–H groups in total. The zero-order chi connectivity index (χ0) is 17.3. The summed E-state index contributed by atoms with van der Waals surface area (Å²) in [5.41, 5.74) is 0.182. The lowest BCUT2D eigenvalue weighted by Gasteiger charge is -2.34. The Morgan fingerprint density at radius 3 is 2.62 bits per heavy atom. The van der Waals surface area contributed by atoms with Crippen LogP contribution in [-0.4, -0.2) is 39.0 Å². The van der Waals surface area contributed by atoms with Gasteiger partial charge in [-0.25, -0.2) is 4.98 Å². The molecule has 0 aliphatic carbocycles. The molecule has 0 unspecified atom stereocenters. The largest absolute Gasteiger partial charge is 0.301 e. The van der Waals surface area contributed by atoms with Crippen LogP contribution < -0.4 is 5.56 Å². The topological polar surface area (TPSA) is 81.3 Å². The highest BCUT2D eigenvalue weighted by molar-refractivity contribution is 5.79. The summed E-state index contributed by atoms with van der Waals surface area (Å²) in [7, 11) is 0. The molecule has 3 rings (SSSR count).